The third kappa shape index (κ3) is 1.58. The van der Waals surface area contributed by atoms with E-state index in [0.717, 1.165) is 20.2 Å². The number of hydrogen-bond acceptors (Lipinski definition) is 3. The van der Waals surface area contributed by atoms with Gasteiger partial charge in [-0.2, -0.15) is 17.6 Å². The predicted octanol–water partition coefficient (Wildman–Crippen LogP) is 1.24. The van der Waals surface area contributed by atoms with Crippen LogP contribution in [0.15, 0.2) is 42.6 Å². The van der Waals surface area contributed by atoms with Crippen molar-refractivity contribution < 1.29 is 8.42 Å². The van der Waals surface area contributed by atoms with Crippen molar-refractivity contribution in [1.82, 2.24) is 9.19 Å². The topological polar surface area (TPSA) is 78.0 Å². The lowest BCUT2D eigenvalue weighted by Crippen LogP contribution is -2.21. The fourth-order valence-corrected chi connectivity index (χ4v) is 2.32. The second-order valence-corrected chi connectivity index (χ2v) is 5.18. The average Bonchev–Trinajstić information content (AvgIpc) is 2.72. The molecule has 6 heteroatoms. The molecule has 5 nitrogen and oxygen atoms in total. The van der Waals surface area contributed by atoms with Crippen molar-refractivity contribution in [2.45, 2.75) is 0 Å². The smallest absolute Gasteiger partial charge is 0.210 e. The van der Waals surface area contributed by atoms with Gasteiger partial charge in [-0.05, 0) is 5.39 Å². The second kappa shape index (κ2) is 3.28. The van der Waals surface area contributed by atoms with Gasteiger partial charge in [0.1, 0.15) is 5.52 Å². The Morgan fingerprint density at radius 3 is 2.53 bits per heavy atom. The minimum absolute atomic E-state index is 0.636. The molecule has 0 aliphatic rings. The standard InChI is InChI=1S/C11H9N3O2S/c12-17(15,16)14-7-9-6-5-8-3-1-2-4-10(8)11(9)13-14/h1-7H,(H2,12,15,16). The monoisotopic (exact) mass is 247 g/mol. The summed E-state index contributed by atoms with van der Waals surface area (Å²) in [5.41, 5.74) is 0.636. The van der Waals surface area contributed by atoms with E-state index in [4.69, 9.17) is 5.14 Å². The van der Waals surface area contributed by atoms with Crippen molar-refractivity contribution in [3.05, 3.63) is 42.6 Å². The first kappa shape index (κ1) is 10.2. The van der Waals surface area contributed by atoms with Gasteiger partial charge >= 0.3 is 10.2 Å². The lowest BCUT2D eigenvalue weighted by atomic mass is 10.1. The number of nitrogens with two attached hydrogens (primary N) is 1. The number of aromatic nitrogens is 2. The zero-order chi connectivity index (χ0) is 12.0. The van der Waals surface area contributed by atoms with E-state index in [1.165, 1.54) is 6.20 Å². The molecule has 0 aliphatic carbocycles. The van der Waals surface area contributed by atoms with Crippen molar-refractivity contribution in [3.8, 4) is 0 Å². The summed E-state index contributed by atoms with van der Waals surface area (Å²) >= 11 is 0. The lowest BCUT2D eigenvalue weighted by molar-refractivity contribution is 0.582. The van der Waals surface area contributed by atoms with Crippen molar-refractivity contribution in [2.24, 2.45) is 5.14 Å². The van der Waals surface area contributed by atoms with Crippen LogP contribution in [0, 0.1) is 0 Å². The third-order valence-corrected chi connectivity index (χ3v) is 3.35. The van der Waals surface area contributed by atoms with Gasteiger partial charge in [0.2, 0.25) is 0 Å². The van der Waals surface area contributed by atoms with Gasteiger partial charge in [-0.25, -0.2) is 5.14 Å². The number of nitrogens with zero attached hydrogens (tertiary/aromatic N) is 2. The summed E-state index contributed by atoms with van der Waals surface area (Å²) in [6.07, 6.45) is 1.41. The summed E-state index contributed by atoms with van der Waals surface area (Å²) < 4.78 is 23.2. The van der Waals surface area contributed by atoms with Crippen molar-refractivity contribution in [2.75, 3.05) is 0 Å². The van der Waals surface area contributed by atoms with E-state index < -0.39 is 10.2 Å². The molecule has 0 saturated heterocycles. The Bertz CT molecular complexity index is 821. The van der Waals surface area contributed by atoms with Crippen LogP contribution in [0.5, 0.6) is 0 Å². The van der Waals surface area contributed by atoms with Crippen LogP contribution in [0.2, 0.25) is 0 Å². The Morgan fingerprint density at radius 2 is 1.76 bits per heavy atom. The zero-order valence-corrected chi connectivity index (χ0v) is 9.55. The van der Waals surface area contributed by atoms with Crippen LogP contribution in [0.1, 0.15) is 0 Å². The highest BCUT2D eigenvalue weighted by Crippen LogP contribution is 2.23. The SMILES string of the molecule is NS(=O)(=O)n1cc2ccc3ccccc3c2n1. The molecule has 0 bridgehead atoms. The highest BCUT2D eigenvalue weighted by atomic mass is 32.2. The van der Waals surface area contributed by atoms with Crippen molar-refractivity contribution >= 4 is 31.9 Å². The Hall–Kier alpha value is -1.92. The van der Waals surface area contributed by atoms with Gasteiger partial charge in [0.05, 0.1) is 6.20 Å². The van der Waals surface area contributed by atoms with E-state index in [1.54, 1.807) is 0 Å². The predicted molar refractivity (Wildman–Crippen MR) is 65.7 cm³/mol. The molecule has 0 aliphatic heterocycles. The highest BCUT2D eigenvalue weighted by molar-refractivity contribution is 7.87. The molecular weight excluding hydrogens is 238 g/mol. The molecule has 0 unspecified atom stereocenters. The molecule has 0 amide bonds. The lowest BCUT2D eigenvalue weighted by Gasteiger charge is -1.96. The molecule has 0 spiro atoms. The number of rotatable bonds is 1. The van der Waals surface area contributed by atoms with Crippen molar-refractivity contribution in [3.63, 3.8) is 0 Å². The number of benzene rings is 2. The van der Waals surface area contributed by atoms with E-state index in [9.17, 15) is 8.42 Å². The van der Waals surface area contributed by atoms with Crippen LogP contribution in [-0.2, 0) is 10.2 Å². The number of fused-ring (bicyclic) bond motifs is 3. The summed E-state index contributed by atoms with van der Waals surface area (Å²) in [6.45, 7) is 0. The van der Waals surface area contributed by atoms with Gasteiger partial charge in [-0.1, -0.05) is 36.4 Å². The molecule has 0 radical (unpaired) electrons. The second-order valence-electron chi connectivity index (χ2n) is 3.77. The zero-order valence-electron chi connectivity index (χ0n) is 8.74. The average molecular weight is 247 g/mol. The van der Waals surface area contributed by atoms with Crippen LogP contribution in [0.3, 0.4) is 0 Å². The Balaban J connectivity index is 2.47. The Morgan fingerprint density at radius 1 is 1.06 bits per heavy atom. The maximum Gasteiger partial charge on any atom is 0.317 e. The molecule has 3 rings (SSSR count). The summed E-state index contributed by atoms with van der Waals surface area (Å²) in [6, 6.07) is 11.4. The maximum atomic E-state index is 11.2. The van der Waals surface area contributed by atoms with Crippen LogP contribution < -0.4 is 5.14 Å². The molecule has 0 atom stereocenters. The van der Waals surface area contributed by atoms with Crippen LogP contribution >= 0.6 is 0 Å². The van der Waals surface area contributed by atoms with Gasteiger partial charge in [-0.15, -0.1) is 0 Å². The molecule has 2 N–H and O–H groups in total. The van der Waals surface area contributed by atoms with Crippen LogP contribution in [0.25, 0.3) is 21.7 Å². The van der Waals surface area contributed by atoms with E-state index in [-0.39, 0.29) is 0 Å². The highest BCUT2D eigenvalue weighted by Gasteiger charge is 2.11. The van der Waals surface area contributed by atoms with E-state index in [1.807, 2.05) is 36.4 Å². The van der Waals surface area contributed by atoms with Gasteiger partial charge in [-0.3, -0.25) is 0 Å². The summed E-state index contributed by atoms with van der Waals surface area (Å²) in [4.78, 5) is 0. The summed E-state index contributed by atoms with van der Waals surface area (Å²) in [5, 5.41) is 11.7. The fourth-order valence-electron chi connectivity index (χ4n) is 1.86. The fraction of sp³-hybridized carbons (Fsp3) is 0. The third-order valence-electron chi connectivity index (χ3n) is 2.64. The maximum absolute atomic E-state index is 11.2. The molecule has 86 valence electrons. The van der Waals surface area contributed by atoms with E-state index in [2.05, 4.69) is 5.10 Å². The molecule has 17 heavy (non-hydrogen) atoms. The van der Waals surface area contributed by atoms with Gasteiger partial charge in [0.25, 0.3) is 0 Å². The van der Waals surface area contributed by atoms with Gasteiger partial charge in [0, 0.05) is 10.8 Å². The van der Waals surface area contributed by atoms with Crippen LogP contribution in [-0.4, -0.2) is 17.6 Å². The normalized spacial score (nSPS) is 12.3. The largest absolute Gasteiger partial charge is 0.317 e. The molecule has 3 aromatic rings. The summed E-state index contributed by atoms with van der Waals surface area (Å²) in [7, 11) is -3.83. The van der Waals surface area contributed by atoms with E-state index >= 15 is 0 Å². The Labute approximate surface area is 97.6 Å². The molecular formula is C11H9N3O2S. The number of hydrogen-bond donors (Lipinski definition) is 1. The molecule has 1 heterocycles. The molecule has 0 fully saturated rings. The van der Waals surface area contributed by atoms with Gasteiger partial charge in [0.15, 0.2) is 0 Å². The van der Waals surface area contributed by atoms with E-state index in [0.29, 0.717) is 5.52 Å². The quantitative estimate of drug-likeness (QED) is 0.702. The van der Waals surface area contributed by atoms with Gasteiger partial charge < -0.3 is 0 Å². The van der Waals surface area contributed by atoms with Crippen LogP contribution in [0.4, 0.5) is 0 Å². The minimum atomic E-state index is -3.83. The first-order chi connectivity index (χ1) is 8.05. The van der Waals surface area contributed by atoms with Crippen molar-refractivity contribution in [1.29, 1.82) is 0 Å². The first-order valence-electron chi connectivity index (χ1n) is 4.96. The molecule has 1 aromatic heterocycles. The first-order valence-corrected chi connectivity index (χ1v) is 6.46. The minimum Gasteiger partial charge on any atom is -0.210 e. The molecule has 0 saturated carbocycles. The molecule has 2 aromatic carbocycles. The Kier molecular flexibility index (Phi) is 1.98. The summed E-state index contributed by atoms with van der Waals surface area (Å²) in [5.74, 6) is 0.